The minimum absolute atomic E-state index is 0.00366. The number of nitrogens with zero attached hydrogens (tertiary/aromatic N) is 2. The van der Waals surface area contributed by atoms with Crippen LogP contribution in [0.25, 0.3) is 11.0 Å². The van der Waals surface area contributed by atoms with E-state index in [0.29, 0.717) is 19.6 Å². The minimum Gasteiger partial charge on any atom is -0.493 e. The van der Waals surface area contributed by atoms with Crippen LogP contribution in [0, 0.1) is 19.8 Å². The molecule has 1 amide bonds. The molecule has 3 rings (SSSR count). The van der Waals surface area contributed by atoms with Gasteiger partial charge in [0.1, 0.15) is 11.6 Å². The summed E-state index contributed by atoms with van der Waals surface area (Å²) in [4.78, 5) is 16.6. The van der Waals surface area contributed by atoms with Gasteiger partial charge in [-0.05, 0) is 49.6 Å². The SMILES string of the molecule is Cc1ccc(C)c(OCCCn2c(CCNC(=O)C(C)C)nc3ccccc32)c1. The van der Waals surface area contributed by atoms with Crippen molar-refractivity contribution in [3.63, 3.8) is 0 Å². The molecule has 0 spiro atoms. The quantitative estimate of drug-likeness (QED) is 0.547. The highest BCUT2D eigenvalue weighted by molar-refractivity contribution is 5.78. The van der Waals surface area contributed by atoms with Crippen molar-refractivity contribution in [2.75, 3.05) is 13.2 Å². The van der Waals surface area contributed by atoms with E-state index in [0.717, 1.165) is 41.1 Å². The van der Waals surface area contributed by atoms with Crippen molar-refractivity contribution in [1.82, 2.24) is 14.9 Å². The Morgan fingerprint density at radius 3 is 2.76 bits per heavy atom. The zero-order valence-corrected chi connectivity index (χ0v) is 17.9. The van der Waals surface area contributed by atoms with Crippen LogP contribution in [-0.2, 0) is 17.8 Å². The first-order chi connectivity index (χ1) is 14.0. The summed E-state index contributed by atoms with van der Waals surface area (Å²) in [5, 5.41) is 2.99. The zero-order valence-electron chi connectivity index (χ0n) is 17.9. The Bertz CT molecular complexity index is 975. The molecule has 0 radical (unpaired) electrons. The van der Waals surface area contributed by atoms with Gasteiger partial charge in [0.15, 0.2) is 0 Å². The van der Waals surface area contributed by atoms with Crippen LogP contribution in [-0.4, -0.2) is 28.6 Å². The largest absolute Gasteiger partial charge is 0.493 e. The van der Waals surface area contributed by atoms with Crippen molar-refractivity contribution in [2.24, 2.45) is 5.92 Å². The standard InChI is InChI=1S/C24H31N3O2/c1-17(2)24(28)25-13-12-23-26-20-8-5-6-9-21(20)27(23)14-7-15-29-22-16-18(3)10-11-19(22)4/h5-6,8-11,16-17H,7,12-15H2,1-4H3,(H,25,28). The van der Waals surface area contributed by atoms with Gasteiger partial charge in [-0.2, -0.15) is 0 Å². The van der Waals surface area contributed by atoms with Crippen molar-refractivity contribution in [3.05, 3.63) is 59.4 Å². The molecule has 0 aliphatic heterocycles. The molecule has 2 aromatic carbocycles. The lowest BCUT2D eigenvalue weighted by atomic mass is 10.1. The first-order valence-corrected chi connectivity index (χ1v) is 10.4. The van der Waals surface area contributed by atoms with Gasteiger partial charge in [0, 0.05) is 25.4 Å². The number of hydrogen-bond acceptors (Lipinski definition) is 3. The van der Waals surface area contributed by atoms with E-state index in [-0.39, 0.29) is 11.8 Å². The molecule has 0 aliphatic rings. The number of nitrogens with one attached hydrogen (secondary N) is 1. The lowest BCUT2D eigenvalue weighted by Crippen LogP contribution is -2.30. The van der Waals surface area contributed by atoms with Gasteiger partial charge in [0.2, 0.25) is 5.91 Å². The number of ether oxygens (including phenoxy) is 1. The van der Waals surface area contributed by atoms with E-state index in [1.165, 1.54) is 5.56 Å². The number of rotatable bonds is 9. The van der Waals surface area contributed by atoms with Gasteiger partial charge >= 0.3 is 0 Å². The topological polar surface area (TPSA) is 56.1 Å². The number of para-hydroxylation sites is 2. The second-order valence-corrected chi connectivity index (χ2v) is 7.84. The summed E-state index contributed by atoms with van der Waals surface area (Å²) in [5.41, 5.74) is 4.49. The maximum atomic E-state index is 11.8. The average molecular weight is 394 g/mol. The first kappa shape index (κ1) is 20.9. The Balaban J connectivity index is 1.64. The summed E-state index contributed by atoms with van der Waals surface area (Å²) in [6, 6.07) is 14.5. The lowest BCUT2D eigenvalue weighted by Gasteiger charge is -2.13. The molecule has 5 nitrogen and oxygen atoms in total. The number of aromatic nitrogens is 2. The van der Waals surface area contributed by atoms with Crippen molar-refractivity contribution in [3.8, 4) is 5.75 Å². The third-order valence-electron chi connectivity index (χ3n) is 5.03. The Kier molecular flexibility index (Phi) is 6.91. The summed E-state index contributed by atoms with van der Waals surface area (Å²) in [7, 11) is 0. The van der Waals surface area contributed by atoms with Crippen molar-refractivity contribution in [2.45, 2.75) is 47.1 Å². The van der Waals surface area contributed by atoms with E-state index < -0.39 is 0 Å². The van der Waals surface area contributed by atoms with E-state index in [2.05, 4.69) is 48.0 Å². The highest BCUT2D eigenvalue weighted by Gasteiger charge is 2.12. The molecule has 0 saturated heterocycles. The third kappa shape index (κ3) is 5.37. The zero-order chi connectivity index (χ0) is 20.8. The molecular formula is C24H31N3O2. The molecule has 0 saturated carbocycles. The first-order valence-electron chi connectivity index (χ1n) is 10.4. The van der Waals surface area contributed by atoms with E-state index in [9.17, 15) is 4.79 Å². The predicted molar refractivity (Wildman–Crippen MR) is 117 cm³/mol. The molecule has 0 atom stereocenters. The van der Waals surface area contributed by atoms with Crippen molar-refractivity contribution < 1.29 is 9.53 Å². The Morgan fingerprint density at radius 1 is 1.17 bits per heavy atom. The number of benzene rings is 2. The van der Waals surface area contributed by atoms with Crippen LogP contribution in [0.3, 0.4) is 0 Å². The highest BCUT2D eigenvalue weighted by Crippen LogP contribution is 2.20. The van der Waals surface area contributed by atoms with E-state index in [1.54, 1.807) is 0 Å². The summed E-state index contributed by atoms with van der Waals surface area (Å²) >= 11 is 0. The molecule has 3 aromatic rings. The summed E-state index contributed by atoms with van der Waals surface area (Å²) in [6.45, 7) is 10.0. The smallest absolute Gasteiger partial charge is 0.222 e. The number of amides is 1. The Labute approximate surface area is 173 Å². The molecule has 0 aliphatic carbocycles. The van der Waals surface area contributed by atoms with Crippen LogP contribution < -0.4 is 10.1 Å². The molecular weight excluding hydrogens is 362 g/mol. The van der Waals surface area contributed by atoms with Crippen LogP contribution in [0.15, 0.2) is 42.5 Å². The molecule has 29 heavy (non-hydrogen) atoms. The van der Waals surface area contributed by atoms with Gasteiger partial charge < -0.3 is 14.6 Å². The monoisotopic (exact) mass is 393 g/mol. The Hall–Kier alpha value is -2.82. The fourth-order valence-electron chi connectivity index (χ4n) is 3.33. The van der Waals surface area contributed by atoms with Crippen LogP contribution in [0.1, 0.15) is 37.2 Å². The fraction of sp³-hybridized carbons (Fsp3) is 0.417. The molecule has 5 heteroatoms. The molecule has 1 aromatic heterocycles. The summed E-state index contributed by atoms with van der Waals surface area (Å²) in [5.74, 6) is 2.03. The number of carbonyl (C=O) groups is 1. The molecule has 0 bridgehead atoms. The van der Waals surface area contributed by atoms with Crippen LogP contribution >= 0.6 is 0 Å². The second-order valence-electron chi connectivity index (χ2n) is 7.84. The minimum atomic E-state index is -0.00366. The normalized spacial score (nSPS) is 11.2. The maximum absolute atomic E-state index is 11.8. The van der Waals surface area contributed by atoms with E-state index in [1.807, 2.05) is 32.0 Å². The third-order valence-corrected chi connectivity index (χ3v) is 5.03. The van der Waals surface area contributed by atoms with Crippen molar-refractivity contribution in [1.29, 1.82) is 0 Å². The number of imidazole rings is 1. The van der Waals surface area contributed by atoms with Gasteiger partial charge in [0.25, 0.3) is 0 Å². The molecule has 1 N–H and O–H groups in total. The van der Waals surface area contributed by atoms with E-state index >= 15 is 0 Å². The fourth-order valence-corrected chi connectivity index (χ4v) is 3.33. The van der Waals surface area contributed by atoms with Crippen LogP contribution in [0.5, 0.6) is 5.75 Å². The van der Waals surface area contributed by atoms with Gasteiger partial charge in [-0.25, -0.2) is 4.98 Å². The lowest BCUT2D eigenvalue weighted by molar-refractivity contribution is -0.123. The molecule has 0 fully saturated rings. The average Bonchev–Trinajstić information content (AvgIpc) is 3.05. The number of hydrogen-bond donors (Lipinski definition) is 1. The predicted octanol–water partition coefficient (Wildman–Crippen LogP) is 4.44. The second kappa shape index (κ2) is 9.59. The van der Waals surface area contributed by atoms with Gasteiger partial charge in [0.05, 0.1) is 17.6 Å². The number of fused-ring (bicyclic) bond motifs is 1. The molecule has 1 heterocycles. The van der Waals surface area contributed by atoms with E-state index in [4.69, 9.17) is 9.72 Å². The van der Waals surface area contributed by atoms with Crippen LogP contribution in [0.4, 0.5) is 0 Å². The van der Waals surface area contributed by atoms with Gasteiger partial charge in [-0.1, -0.05) is 38.1 Å². The summed E-state index contributed by atoms with van der Waals surface area (Å²) < 4.78 is 8.27. The molecule has 154 valence electrons. The van der Waals surface area contributed by atoms with Crippen LogP contribution in [0.2, 0.25) is 0 Å². The summed E-state index contributed by atoms with van der Waals surface area (Å²) in [6.07, 6.45) is 1.60. The number of carbonyl (C=O) groups excluding carboxylic acids is 1. The maximum Gasteiger partial charge on any atom is 0.222 e. The number of aryl methyl sites for hydroxylation is 3. The van der Waals surface area contributed by atoms with Crippen molar-refractivity contribution >= 4 is 16.9 Å². The Morgan fingerprint density at radius 2 is 1.97 bits per heavy atom. The van der Waals surface area contributed by atoms with Gasteiger partial charge in [-0.3, -0.25) is 4.79 Å². The highest BCUT2D eigenvalue weighted by atomic mass is 16.5. The molecule has 0 unspecified atom stereocenters. The van der Waals surface area contributed by atoms with Gasteiger partial charge in [-0.15, -0.1) is 0 Å².